The summed E-state index contributed by atoms with van der Waals surface area (Å²) >= 11 is 15.1. The van der Waals surface area contributed by atoms with Crippen molar-refractivity contribution in [3.63, 3.8) is 0 Å². The van der Waals surface area contributed by atoms with Crippen LogP contribution in [0, 0.1) is 5.82 Å². The van der Waals surface area contributed by atoms with Gasteiger partial charge in [-0.25, -0.2) is 4.39 Å². The van der Waals surface area contributed by atoms with E-state index in [2.05, 4.69) is 15.9 Å². The maximum atomic E-state index is 13.7. The predicted octanol–water partition coefficient (Wildman–Crippen LogP) is 4.94. The average molecular weight is 349 g/mol. The van der Waals surface area contributed by atoms with Crippen molar-refractivity contribution in [2.45, 2.75) is 6.04 Å². The fraction of sp³-hybridized carbons (Fsp3) is 0.0769. The SMILES string of the molecule is NC(c1cc(Cl)cc(Cl)c1)c1cc(Br)ccc1F. The summed E-state index contributed by atoms with van der Waals surface area (Å²) in [5.41, 5.74) is 7.11. The molecule has 0 radical (unpaired) electrons. The van der Waals surface area contributed by atoms with Crippen molar-refractivity contribution < 1.29 is 4.39 Å². The summed E-state index contributed by atoms with van der Waals surface area (Å²) in [7, 11) is 0. The number of nitrogens with two attached hydrogens (primary N) is 1. The van der Waals surface area contributed by atoms with Crippen LogP contribution in [0.15, 0.2) is 40.9 Å². The Morgan fingerprint density at radius 2 is 1.67 bits per heavy atom. The molecule has 0 aliphatic carbocycles. The predicted molar refractivity (Wildman–Crippen MR) is 76.6 cm³/mol. The first-order valence-corrected chi connectivity index (χ1v) is 6.69. The first-order chi connectivity index (χ1) is 8.47. The molecule has 0 aliphatic heterocycles. The molecule has 2 rings (SSSR count). The van der Waals surface area contributed by atoms with E-state index in [1.54, 1.807) is 30.3 Å². The highest BCUT2D eigenvalue weighted by atomic mass is 79.9. The van der Waals surface area contributed by atoms with E-state index in [-0.39, 0.29) is 5.82 Å². The van der Waals surface area contributed by atoms with Crippen molar-refractivity contribution in [2.75, 3.05) is 0 Å². The third-order valence-corrected chi connectivity index (χ3v) is 3.47. The van der Waals surface area contributed by atoms with E-state index >= 15 is 0 Å². The molecule has 0 heterocycles. The van der Waals surface area contributed by atoms with Crippen LogP contribution in [0.4, 0.5) is 4.39 Å². The minimum absolute atomic E-state index is 0.359. The Bertz CT molecular complexity index is 569. The number of rotatable bonds is 2. The highest BCUT2D eigenvalue weighted by Gasteiger charge is 2.15. The summed E-state index contributed by atoms with van der Waals surface area (Å²) in [6.07, 6.45) is 0. The zero-order chi connectivity index (χ0) is 13.3. The lowest BCUT2D eigenvalue weighted by molar-refractivity contribution is 0.599. The number of benzene rings is 2. The molecule has 1 unspecified atom stereocenters. The van der Waals surface area contributed by atoms with Crippen molar-refractivity contribution in [3.8, 4) is 0 Å². The maximum Gasteiger partial charge on any atom is 0.128 e. The number of halogens is 4. The van der Waals surface area contributed by atoms with Gasteiger partial charge < -0.3 is 5.73 Å². The van der Waals surface area contributed by atoms with Crippen LogP contribution in [0.3, 0.4) is 0 Å². The fourth-order valence-electron chi connectivity index (χ4n) is 1.69. The Morgan fingerprint density at radius 3 is 2.28 bits per heavy atom. The van der Waals surface area contributed by atoms with Gasteiger partial charge in [0.2, 0.25) is 0 Å². The van der Waals surface area contributed by atoms with Crippen LogP contribution in [0.5, 0.6) is 0 Å². The Hall–Kier alpha value is -0.610. The van der Waals surface area contributed by atoms with Gasteiger partial charge in [0.05, 0.1) is 6.04 Å². The van der Waals surface area contributed by atoms with Gasteiger partial charge in [-0.05, 0) is 42.0 Å². The van der Waals surface area contributed by atoms with Crippen LogP contribution >= 0.6 is 39.1 Å². The normalized spacial score (nSPS) is 12.5. The third kappa shape index (κ3) is 3.04. The molecule has 0 spiro atoms. The molecule has 0 aliphatic rings. The molecule has 0 saturated heterocycles. The molecule has 0 saturated carbocycles. The van der Waals surface area contributed by atoms with E-state index in [0.717, 1.165) is 4.47 Å². The van der Waals surface area contributed by atoms with Crippen LogP contribution in [-0.2, 0) is 0 Å². The first-order valence-electron chi connectivity index (χ1n) is 5.14. The Kier molecular flexibility index (Phi) is 4.28. The van der Waals surface area contributed by atoms with Crippen molar-refractivity contribution in [2.24, 2.45) is 5.73 Å². The molecule has 18 heavy (non-hydrogen) atoms. The first kappa shape index (κ1) is 13.8. The van der Waals surface area contributed by atoms with Gasteiger partial charge in [0.25, 0.3) is 0 Å². The summed E-state index contributed by atoms with van der Waals surface area (Å²) in [5.74, 6) is -0.359. The molecule has 0 fully saturated rings. The van der Waals surface area contributed by atoms with E-state index in [1.165, 1.54) is 6.07 Å². The van der Waals surface area contributed by atoms with Crippen LogP contribution in [0.1, 0.15) is 17.2 Å². The summed E-state index contributed by atoms with van der Waals surface area (Å²) in [6.45, 7) is 0. The van der Waals surface area contributed by atoms with Crippen molar-refractivity contribution in [1.29, 1.82) is 0 Å². The van der Waals surface area contributed by atoms with Gasteiger partial charge >= 0.3 is 0 Å². The summed E-state index contributed by atoms with van der Waals surface area (Å²) in [5, 5.41) is 0.951. The van der Waals surface area contributed by atoms with Crippen LogP contribution in [-0.4, -0.2) is 0 Å². The topological polar surface area (TPSA) is 26.0 Å². The Balaban J connectivity index is 2.47. The van der Waals surface area contributed by atoms with Gasteiger partial charge in [0.1, 0.15) is 5.82 Å². The lowest BCUT2D eigenvalue weighted by Gasteiger charge is -2.14. The highest BCUT2D eigenvalue weighted by Crippen LogP contribution is 2.29. The second-order valence-corrected chi connectivity index (χ2v) is 5.63. The lowest BCUT2D eigenvalue weighted by Crippen LogP contribution is -2.13. The monoisotopic (exact) mass is 347 g/mol. The summed E-state index contributed by atoms with van der Waals surface area (Å²) < 4.78 is 14.5. The number of hydrogen-bond acceptors (Lipinski definition) is 1. The van der Waals surface area contributed by atoms with Gasteiger partial charge in [-0.3, -0.25) is 0 Å². The molecule has 2 aromatic rings. The summed E-state index contributed by atoms with van der Waals surface area (Å²) in [4.78, 5) is 0. The minimum Gasteiger partial charge on any atom is -0.320 e. The molecule has 1 atom stereocenters. The van der Waals surface area contributed by atoms with Gasteiger partial charge in [0.15, 0.2) is 0 Å². The van der Waals surface area contributed by atoms with Crippen LogP contribution in [0.2, 0.25) is 10.0 Å². The van der Waals surface area contributed by atoms with E-state index < -0.39 is 6.04 Å². The van der Waals surface area contributed by atoms with Crippen LogP contribution < -0.4 is 5.73 Å². The third-order valence-electron chi connectivity index (χ3n) is 2.54. The number of hydrogen-bond donors (Lipinski definition) is 1. The van der Waals surface area contributed by atoms with Gasteiger partial charge in [-0.1, -0.05) is 39.1 Å². The molecular weight excluding hydrogens is 340 g/mol. The Labute approximate surface area is 123 Å². The largest absolute Gasteiger partial charge is 0.320 e. The van der Waals surface area contributed by atoms with Gasteiger partial charge in [-0.2, -0.15) is 0 Å². The molecule has 5 heteroatoms. The van der Waals surface area contributed by atoms with Gasteiger partial charge in [0, 0.05) is 20.1 Å². The highest BCUT2D eigenvalue weighted by molar-refractivity contribution is 9.10. The van der Waals surface area contributed by atoms with Crippen LogP contribution in [0.25, 0.3) is 0 Å². The fourth-order valence-corrected chi connectivity index (χ4v) is 2.61. The maximum absolute atomic E-state index is 13.7. The van der Waals surface area contributed by atoms with E-state index in [4.69, 9.17) is 28.9 Å². The summed E-state index contributed by atoms with van der Waals surface area (Å²) in [6, 6.07) is 8.99. The van der Waals surface area contributed by atoms with E-state index in [9.17, 15) is 4.39 Å². The van der Waals surface area contributed by atoms with E-state index in [1.807, 2.05) is 0 Å². The minimum atomic E-state index is -0.612. The second kappa shape index (κ2) is 5.57. The van der Waals surface area contributed by atoms with Crippen molar-refractivity contribution >= 4 is 39.1 Å². The average Bonchev–Trinajstić information content (AvgIpc) is 2.30. The molecular formula is C13H9BrCl2FN. The molecule has 94 valence electrons. The van der Waals surface area contributed by atoms with Gasteiger partial charge in [-0.15, -0.1) is 0 Å². The zero-order valence-corrected chi connectivity index (χ0v) is 12.2. The quantitative estimate of drug-likeness (QED) is 0.816. The second-order valence-electron chi connectivity index (χ2n) is 3.85. The smallest absolute Gasteiger partial charge is 0.128 e. The molecule has 0 bridgehead atoms. The molecule has 2 N–H and O–H groups in total. The zero-order valence-electron chi connectivity index (χ0n) is 9.13. The molecule has 0 amide bonds. The van der Waals surface area contributed by atoms with E-state index in [0.29, 0.717) is 21.2 Å². The van der Waals surface area contributed by atoms with Crippen molar-refractivity contribution in [1.82, 2.24) is 0 Å². The molecule has 2 aromatic carbocycles. The molecule has 1 nitrogen and oxygen atoms in total. The Morgan fingerprint density at radius 1 is 1.06 bits per heavy atom. The lowest BCUT2D eigenvalue weighted by atomic mass is 9.99. The van der Waals surface area contributed by atoms with Crippen molar-refractivity contribution in [3.05, 3.63) is 67.9 Å². The molecule has 0 aromatic heterocycles. The standard InChI is InChI=1S/C13H9BrCl2FN/c14-8-1-2-12(17)11(5-8)13(18)7-3-9(15)6-10(16)4-7/h1-6,13H,18H2.